The second-order valence-electron chi connectivity index (χ2n) is 22.0. The SMILES string of the molecule is CC/C=C\C/C=C\C/C=C\C/C=C\C/C=C\C/C=C\C/C=C\C/C=C\C/C=C\C/C=C\C/C=C\CCCCCC(=O)OC(COC(=O)CCCC/C=C\C/C=C\C/C=C\C/C=C\C/C=C\C/C=C\C/C=C\C/C=C\CC)COP(=O)([O-])OCC[N+](C)(C)C. The topological polar surface area (TPSA) is 111 Å². The van der Waals surface area contributed by atoms with E-state index in [0.717, 1.165) is 154 Å². The Morgan fingerprint density at radius 2 is 0.614 bits per heavy atom. The highest BCUT2D eigenvalue weighted by Gasteiger charge is 2.21. The van der Waals surface area contributed by atoms with Gasteiger partial charge in [-0.1, -0.05) is 251 Å². The Kier molecular flexibility index (Phi) is 61.1. The van der Waals surface area contributed by atoms with Crippen LogP contribution in [-0.4, -0.2) is 70.0 Å². The number of rotatable bonds is 57. The summed E-state index contributed by atoms with van der Waals surface area (Å²) in [6.45, 7) is 3.87. The van der Waals surface area contributed by atoms with E-state index in [0.29, 0.717) is 23.9 Å². The van der Waals surface area contributed by atoms with E-state index in [1.54, 1.807) is 0 Å². The van der Waals surface area contributed by atoms with Crippen LogP contribution in [0.3, 0.4) is 0 Å². The highest BCUT2D eigenvalue weighted by Crippen LogP contribution is 2.38. The van der Waals surface area contributed by atoms with Crippen molar-refractivity contribution in [1.82, 2.24) is 0 Å². The van der Waals surface area contributed by atoms with Crippen LogP contribution in [0.5, 0.6) is 0 Å². The molecule has 0 saturated carbocycles. The molecule has 0 aliphatic heterocycles. The van der Waals surface area contributed by atoms with Crippen molar-refractivity contribution in [3.8, 4) is 0 Å². The Balaban J connectivity index is 4.34. The van der Waals surface area contributed by atoms with Gasteiger partial charge in [0, 0.05) is 12.8 Å². The molecule has 0 fully saturated rings. The molecule has 0 radical (unpaired) electrons. The largest absolute Gasteiger partial charge is 0.756 e. The van der Waals surface area contributed by atoms with Crippen LogP contribution in [0.25, 0.3) is 0 Å². The molecule has 88 heavy (non-hydrogen) atoms. The predicted molar refractivity (Wildman–Crippen MR) is 378 cm³/mol. The smallest absolute Gasteiger partial charge is 0.306 e. The van der Waals surface area contributed by atoms with Crippen molar-refractivity contribution in [3.63, 3.8) is 0 Å². The van der Waals surface area contributed by atoms with Gasteiger partial charge in [0.15, 0.2) is 6.10 Å². The van der Waals surface area contributed by atoms with Gasteiger partial charge in [-0.05, 0) is 161 Å². The fourth-order valence-corrected chi connectivity index (χ4v) is 8.40. The number of nitrogens with zero attached hydrogens (tertiary/aromatic N) is 1. The molecular formula is C78H118NO8P. The van der Waals surface area contributed by atoms with Gasteiger partial charge in [0.05, 0.1) is 27.7 Å². The first-order valence-corrected chi connectivity index (χ1v) is 34.6. The van der Waals surface area contributed by atoms with E-state index >= 15 is 0 Å². The second-order valence-corrected chi connectivity index (χ2v) is 23.4. The Hall–Kier alpha value is -5.93. The maximum Gasteiger partial charge on any atom is 0.306 e. The van der Waals surface area contributed by atoms with Gasteiger partial charge in [-0.15, -0.1) is 0 Å². The van der Waals surface area contributed by atoms with Crippen molar-refractivity contribution in [2.24, 2.45) is 0 Å². The lowest BCUT2D eigenvalue weighted by Gasteiger charge is -2.28. The molecule has 10 heteroatoms. The fourth-order valence-electron chi connectivity index (χ4n) is 7.67. The summed E-state index contributed by atoms with van der Waals surface area (Å²) in [5.41, 5.74) is 0. The number of carbonyl (C=O) groups is 2. The quantitative estimate of drug-likeness (QED) is 0.0195. The molecule has 0 aliphatic carbocycles. The van der Waals surface area contributed by atoms with E-state index in [9.17, 15) is 19.0 Å². The minimum atomic E-state index is -4.68. The lowest BCUT2D eigenvalue weighted by Crippen LogP contribution is -2.37. The van der Waals surface area contributed by atoms with E-state index in [1.165, 1.54) is 0 Å². The Morgan fingerprint density at radius 1 is 0.352 bits per heavy atom. The van der Waals surface area contributed by atoms with Gasteiger partial charge in [0.1, 0.15) is 19.8 Å². The van der Waals surface area contributed by atoms with E-state index in [-0.39, 0.29) is 26.1 Å². The van der Waals surface area contributed by atoms with E-state index in [2.05, 4.69) is 245 Å². The Morgan fingerprint density at radius 3 is 0.909 bits per heavy atom. The van der Waals surface area contributed by atoms with Crippen LogP contribution in [0, 0.1) is 0 Å². The lowest BCUT2D eigenvalue weighted by molar-refractivity contribution is -0.870. The van der Waals surface area contributed by atoms with Gasteiger partial charge in [0.2, 0.25) is 0 Å². The van der Waals surface area contributed by atoms with Gasteiger partial charge in [-0.3, -0.25) is 14.2 Å². The molecule has 488 valence electrons. The average molecular weight is 1230 g/mol. The summed E-state index contributed by atoms with van der Waals surface area (Å²) in [5.74, 6) is -0.947. The van der Waals surface area contributed by atoms with Crippen molar-refractivity contribution < 1.29 is 42.1 Å². The summed E-state index contributed by atoms with van der Waals surface area (Å²) >= 11 is 0. The zero-order valence-corrected chi connectivity index (χ0v) is 56.2. The van der Waals surface area contributed by atoms with Crippen molar-refractivity contribution in [1.29, 1.82) is 0 Å². The molecule has 0 aromatic heterocycles. The van der Waals surface area contributed by atoms with Crippen LogP contribution >= 0.6 is 7.82 Å². The van der Waals surface area contributed by atoms with Crippen LogP contribution in [0.15, 0.2) is 231 Å². The van der Waals surface area contributed by atoms with Crippen LogP contribution in [0.1, 0.15) is 194 Å². The molecule has 0 N–H and O–H groups in total. The van der Waals surface area contributed by atoms with Crippen LogP contribution < -0.4 is 4.89 Å². The minimum Gasteiger partial charge on any atom is -0.756 e. The first-order valence-electron chi connectivity index (χ1n) is 33.1. The highest BCUT2D eigenvalue weighted by molar-refractivity contribution is 7.45. The molecule has 0 amide bonds. The van der Waals surface area contributed by atoms with Crippen LogP contribution in [0.2, 0.25) is 0 Å². The molecule has 0 bridgehead atoms. The number of hydrogen-bond acceptors (Lipinski definition) is 8. The van der Waals surface area contributed by atoms with Crippen molar-refractivity contribution >= 4 is 19.8 Å². The summed E-state index contributed by atoms with van der Waals surface area (Å²) in [6.07, 6.45) is 107. The van der Waals surface area contributed by atoms with Gasteiger partial charge < -0.3 is 27.9 Å². The first kappa shape index (κ1) is 82.1. The molecule has 2 unspecified atom stereocenters. The number of unbranched alkanes of at least 4 members (excludes halogenated alkanes) is 5. The third kappa shape index (κ3) is 69.2. The highest BCUT2D eigenvalue weighted by atomic mass is 31.2. The van der Waals surface area contributed by atoms with E-state index in [1.807, 2.05) is 21.1 Å². The molecule has 0 saturated heterocycles. The molecule has 0 heterocycles. The van der Waals surface area contributed by atoms with Gasteiger partial charge in [-0.2, -0.15) is 0 Å². The Bertz CT molecular complexity index is 2330. The maximum absolute atomic E-state index is 12.8. The third-order valence-electron chi connectivity index (χ3n) is 12.7. The summed E-state index contributed by atoms with van der Waals surface area (Å²) < 4.78 is 34.1. The van der Waals surface area contributed by atoms with E-state index < -0.39 is 32.5 Å². The lowest BCUT2D eigenvalue weighted by atomic mass is 10.1. The number of carbonyl (C=O) groups excluding carboxylic acids is 2. The van der Waals surface area contributed by atoms with Gasteiger partial charge >= 0.3 is 11.9 Å². The number of phosphoric acid groups is 1. The molecule has 9 nitrogen and oxygen atoms in total. The fraction of sp³-hybridized carbons (Fsp3) is 0.487. The first-order chi connectivity index (χ1) is 43.0. The zero-order valence-electron chi connectivity index (χ0n) is 55.3. The molecule has 0 aromatic rings. The van der Waals surface area contributed by atoms with Gasteiger partial charge in [0.25, 0.3) is 7.82 Å². The third-order valence-corrected chi connectivity index (χ3v) is 13.6. The molecular weight excluding hydrogens is 1110 g/mol. The standard InChI is InChI=1S/C78H118NO8P/c1-6-8-10-12-14-16-18-20-22-24-26-28-30-32-34-35-36-37-38-39-40-41-42-43-45-47-49-51-53-55-57-59-61-63-65-67-69-71-78(81)87-76(75-86-88(82,83)85-73-72-79(3,4)5)74-84-77(80)70-68-66-64-62-60-58-56-54-52-50-48-46-44-33-31-29-27-25-23-21-19-17-15-13-11-9-7-2/h8-11,14-17,20-23,26-29,32-34,36-37,39-40,42-44,47-50,53-56,59-62,76H,6-7,12-13,18-19,24-25,30-31,35,38,41,45-46,51-52,57-58,63-75H2,1-5H3/b10-8-,11-9-,16-14-,17-15-,22-20-,23-21-,28-26-,29-27-,34-32-,37-36-,40-39-,43-42-,44-33-,49-47-,50-48-,55-53-,56-54-,61-59-,62-60-. The minimum absolute atomic E-state index is 0.0595. The molecule has 2 atom stereocenters. The Labute approximate surface area is 537 Å². The van der Waals surface area contributed by atoms with Crippen LogP contribution in [-0.2, 0) is 32.7 Å². The summed E-state index contributed by atoms with van der Waals surface area (Å²) in [7, 11) is 1.08. The normalized spacial score (nSPS) is 14.7. The number of allylic oxidation sites excluding steroid dienone is 38. The van der Waals surface area contributed by atoms with Gasteiger partial charge in [-0.25, -0.2) is 0 Å². The number of phosphoric ester groups is 1. The predicted octanol–water partition coefficient (Wildman–Crippen LogP) is 21.2. The molecule has 0 aromatic carbocycles. The van der Waals surface area contributed by atoms with Crippen molar-refractivity contribution in [3.05, 3.63) is 231 Å². The second kappa shape index (κ2) is 65.5. The number of ether oxygens (including phenoxy) is 2. The summed E-state index contributed by atoms with van der Waals surface area (Å²) in [5, 5.41) is 0. The number of hydrogen-bond donors (Lipinski definition) is 0. The van der Waals surface area contributed by atoms with Crippen molar-refractivity contribution in [2.75, 3.05) is 47.5 Å². The average Bonchev–Trinajstić information content (AvgIpc) is 3.68. The van der Waals surface area contributed by atoms with Crippen molar-refractivity contribution in [2.45, 2.75) is 200 Å². The molecule has 0 spiro atoms. The molecule has 0 aliphatic rings. The van der Waals surface area contributed by atoms with E-state index in [4.69, 9.17) is 18.5 Å². The molecule has 0 rings (SSSR count). The zero-order chi connectivity index (χ0) is 64.1. The number of quaternary nitrogens is 1. The summed E-state index contributed by atoms with van der Waals surface area (Å²) in [4.78, 5) is 38.0. The van der Waals surface area contributed by atoms with Crippen LogP contribution in [0.4, 0.5) is 0 Å². The maximum atomic E-state index is 12.8. The number of likely N-dealkylation sites (N-methyl/N-ethyl adjacent to an activating group) is 1. The number of esters is 2. The monoisotopic (exact) mass is 1230 g/mol. The summed E-state index contributed by atoms with van der Waals surface area (Å²) in [6, 6.07) is 0.